The summed E-state index contributed by atoms with van der Waals surface area (Å²) in [6, 6.07) is 4.42. The van der Waals surface area contributed by atoms with Crippen molar-refractivity contribution in [1.82, 2.24) is 0 Å². The number of hydrogen-bond acceptors (Lipinski definition) is 2. The SMILES string of the molecule is O=C(CCl)Cc1ccc(CCl)c(SC(F)(F)F)c1. The predicted molar refractivity (Wildman–Crippen MR) is 67.3 cm³/mol. The number of carbonyl (C=O) groups excluding carboxylic acids is 1. The molecule has 1 aromatic rings. The van der Waals surface area contributed by atoms with E-state index in [4.69, 9.17) is 23.2 Å². The molecule has 0 spiro atoms. The molecular weight excluding hydrogens is 308 g/mol. The third-order valence-electron chi connectivity index (χ3n) is 2.05. The molecule has 1 aromatic carbocycles. The van der Waals surface area contributed by atoms with Crippen LogP contribution in [0.15, 0.2) is 23.1 Å². The molecule has 100 valence electrons. The van der Waals surface area contributed by atoms with E-state index in [-0.39, 0.29) is 40.6 Å². The normalized spacial score (nSPS) is 11.6. The molecule has 0 N–H and O–H groups in total. The Morgan fingerprint density at radius 3 is 2.44 bits per heavy atom. The zero-order valence-electron chi connectivity index (χ0n) is 9.06. The van der Waals surface area contributed by atoms with Crippen LogP contribution in [-0.2, 0) is 17.1 Å². The highest BCUT2D eigenvalue weighted by molar-refractivity contribution is 8.00. The van der Waals surface area contributed by atoms with Gasteiger partial charge < -0.3 is 0 Å². The first kappa shape index (κ1) is 15.7. The first-order valence-corrected chi connectivity index (χ1v) is 6.75. The number of halogens is 5. The average molecular weight is 317 g/mol. The van der Waals surface area contributed by atoms with Crippen LogP contribution in [0.4, 0.5) is 13.2 Å². The Labute approximate surface area is 117 Å². The van der Waals surface area contributed by atoms with E-state index < -0.39 is 5.51 Å². The molecule has 0 radical (unpaired) electrons. The van der Waals surface area contributed by atoms with Crippen LogP contribution in [0.5, 0.6) is 0 Å². The fourth-order valence-electron chi connectivity index (χ4n) is 1.31. The lowest BCUT2D eigenvalue weighted by atomic mass is 10.1. The Morgan fingerprint density at radius 1 is 1.28 bits per heavy atom. The van der Waals surface area contributed by atoms with Gasteiger partial charge in [0.15, 0.2) is 5.78 Å². The van der Waals surface area contributed by atoms with Gasteiger partial charge in [-0.3, -0.25) is 4.79 Å². The van der Waals surface area contributed by atoms with Crippen LogP contribution < -0.4 is 0 Å². The van der Waals surface area contributed by atoms with Gasteiger partial charge >= 0.3 is 5.51 Å². The molecule has 0 saturated heterocycles. The smallest absolute Gasteiger partial charge is 0.298 e. The lowest BCUT2D eigenvalue weighted by Crippen LogP contribution is -2.05. The van der Waals surface area contributed by atoms with Crippen molar-refractivity contribution < 1.29 is 18.0 Å². The maximum absolute atomic E-state index is 12.3. The van der Waals surface area contributed by atoms with Gasteiger partial charge in [-0.1, -0.05) is 12.1 Å². The van der Waals surface area contributed by atoms with E-state index >= 15 is 0 Å². The molecule has 0 fully saturated rings. The first-order chi connectivity index (χ1) is 8.35. The number of thioether (sulfide) groups is 1. The Bertz CT molecular complexity index is 435. The van der Waals surface area contributed by atoms with Crippen LogP contribution in [0, 0.1) is 0 Å². The number of benzene rings is 1. The highest BCUT2D eigenvalue weighted by atomic mass is 35.5. The van der Waals surface area contributed by atoms with E-state index in [1.165, 1.54) is 12.1 Å². The molecule has 18 heavy (non-hydrogen) atoms. The molecule has 0 aliphatic rings. The second-order valence-corrected chi connectivity index (χ2v) is 5.11. The van der Waals surface area contributed by atoms with Crippen LogP contribution in [-0.4, -0.2) is 17.2 Å². The van der Waals surface area contributed by atoms with E-state index in [1.807, 2.05) is 0 Å². The molecule has 0 aromatic heterocycles. The second kappa shape index (κ2) is 6.68. The van der Waals surface area contributed by atoms with Crippen LogP contribution in [0.2, 0.25) is 0 Å². The maximum Gasteiger partial charge on any atom is 0.446 e. The van der Waals surface area contributed by atoms with E-state index in [0.717, 1.165) is 0 Å². The molecule has 0 heterocycles. The van der Waals surface area contributed by atoms with E-state index in [2.05, 4.69) is 0 Å². The number of Topliss-reactive ketones (excluding diaryl/α,β-unsaturated/α-hetero) is 1. The highest BCUT2D eigenvalue weighted by Gasteiger charge is 2.30. The molecule has 0 saturated carbocycles. The van der Waals surface area contributed by atoms with Crippen molar-refractivity contribution in [2.45, 2.75) is 22.7 Å². The van der Waals surface area contributed by atoms with Gasteiger partial charge in [0.05, 0.1) is 5.88 Å². The van der Waals surface area contributed by atoms with Crippen molar-refractivity contribution in [2.24, 2.45) is 0 Å². The largest absolute Gasteiger partial charge is 0.446 e. The average Bonchev–Trinajstić information content (AvgIpc) is 2.27. The van der Waals surface area contributed by atoms with Crippen molar-refractivity contribution in [2.75, 3.05) is 5.88 Å². The summed E-state index contributed by atoms with van der Waals surface area (Å²) in [7, 11) is 0. The van der Waals surface area contributed by atoms with Crippen molar-refractivity contribution in [3.05, 3.63) is 29.3 Å². The summed E-state index contributed by atoms with van der Waals surface area (Å²) in [5.74, 6) is -0.403. The zero-order chi connectivity index (χ0) is 13.8. The van der Waals surface area contributed by atoms with Gasteiger partial charge in [0.25, 0.3) is 0 Å². The Kier molecular flexibility index (Phi) is 5.82. The summed E-state index contributed by atoms with van der Waals surface area (Å²) in [6.07, 6.45) is 0.0253. The van der Waals surface area contributed by atoms with Crippen LogP contribution in [0.25, 0.3) is 0 Å². The monoisotopic (exact) mass is 316 g/mol. The van der Waals surface area contributed by atoms with Crippen molar-refractivity contribution in [3.8, 4) is 0 Å². The molecular formula is C11H9Cl2F3OS. The predicted octanol–water partition coefficient (Wildman–Crippen LogP) is 4.39. The van der Waals surface area contributed by atoms with E-state index in [1.54, 1.807) is 6.07 Å². The molecule has 0 unspecified atom stereocenters. The first-order valence-electron chi connectivity index (χ1n) is 4.87. The molecule has 0 amide bonds. The summed E-state index contributed by atoms with van der Waals surface area (Å²) >= 11 is 10.7. The quantitative estimate of drug-likeness (QED) is 0.592. The topological polar surface area (TPSA) is 17.1 Å². The van der Waals surface area contributed by atoms with Gasteiger partial charge in [0.1, 0.15) is 0 Å². The van der Waals surface area contributed by atoms with Gasteiger partial charge in [0.2, 0.25) is 0 Å². The van der Waals surface area contributed by atoms with Gasteiger partial charge in [0, 0.05) is 17.2 Å². The maximum atomic E-state index is 12.3. The summed E-state index contributed by atoms with van der Waals surface area (Å²) in [5, 5.41) is 0. The molecule has 0 aliphatic heterocycles. The van der Waals surface area contributed by atoms with E-state index in [9.17, 15) is 18.0 Å². The van der Waals surface area contributed by atoms with Crippen molar-refractivity contribution >= 4 is 40.7 Å². The summed E-state index contributed by atoms with van der Waals surface area (Å²) in [6.45, 7) is 0. The van der Waals surface area contributed by atoms with Gasteiger partial charge in [-0.15, -0.1) is 23.2 Å². The number of rotatable bonds is 5. The second-order valence-electron chi connectivity index (χ2n) is 3.47. The molecule has 0 bridgehead atoms. The third-order valence-corrected chi connectivity index (χ3v) is 3.47. The number of carbonyl (C=O) groups is 1. The summed E-state index contributed by atoms with van der Waals surface area (Å²) in [4.78, 5) is 11.2. The Morgan fingerprint density at radius 2 is 1.94 bits per heavy atom. The van der Waals surface area contributed by atoms with Gasteiger partial charge in [-0.2, -0.15) is 13.2 Å². The Balaban J connectivity index is 2.98. The van der Waals surface area contributed by atoms with Crippen molar-refractivity contribution in [1.29, 1.82) is 0 Å². The third kappa shape index (κ3) is 5.08. The number of hydrogen-bond donors (Lipinski definition) is 0. The Hall–Kier alpha value is -0.390. The molecule has 7 heteroatoms. The minimum absolute atomic E-state index is 0.0118. The lowest BCUT2D eigenvalue weighted by molar-refractivity contribution is -0.116. The highest BCUT2D eigenvalue weighted by Crippen LogP contribution is 2.39. The van der Waals surface area contributed by atoms with Gasteiger partial charge in [-0.05, 0) is 29.0 Å². The minimum Gasteiger partial charge on any atom is -0.298 e. The van der Waals surface area contributed by atoms with Crippen LogP contribution >= 0.6 is 35.0 Å². The fourth-order valence-corrected chi connectivity index (χ4v) is 2.45. The molecule has 1 rings (SSSR count). The van der Waals surface area contributed by atoms with Crippen molar-refractivity contribution in [3.63, 3.8) is 0 Å². The zero-order valence-corrected chi connectivity index (χ0v) is 11.4. The van der Waals surface area contributed by atoms with E-state index in [0.29, 0.717) is 11.1 Å². The van der Waals surface area contributed by atoms with Crippen LogP contribution in [0.1, 0.15) is 11.1 Å². The number of alkyl halides is 5. The minimum atomic E-state index is -4.38. The standard InChI is InChI=1S/C11H9Cl2F3OS/c12-5-8-2-1-7(3-9(17)6-13)4-10(8)18-11(14,15)16/h1-2,4H,3,5-6H2. The lowest BCUT2D eigenvalue weighted by Gasteiger charge is -2.11. The molecule has 0 atom stereocenters. The fraction of sp³-hybridized carbons (Fsp3) is 0.364. The summed E-state index contributed by atoms with van der Waals surface area (Å²) in [5.41, 5.74) is -3.49. The van der Waals surface area contributed by atoms with Crippen LogP contribution in [0.3, 0.4) is 0 Å². The molecule has 0 aliphatic carbocycles. The molecule has 1 nitrogen and oxygen atoms in total. The summed E-state index contributed by atoms with van der Waals surface area (Å²) < 4.78 is 37.0. The number of ketones is 1. The van der Waals surface area contributed by atoms with Gasteiger partial charge in [-0.25, -0.2) is 0 Å².